The number of hydrogen-bond donors (Lipinski definition) is 1. The van der Waals surface area contributed by atoms with Crippen LogP contribution in [0, 0.1) is 6.92 Å². The van der Waals surface area contributed by atoms with E-state index in [-0.39, 0.29) is 36.0 Å². The van der Waals surface area contributed by atoms with E-state index in [0.717, 1.165) is 0 Å². The molecule has 0 bridgehead atoms. The molecule has 0 unspecified atom stereocenters. The number of ketones is 1. The second-order valence-corrected chi connectivity index (χ2v) is 8.75. The van der Waals surface area contributed by atoms with E-state index in [4.69, 9.17) is 9.47 Å². The Morgan fingerprint density at radius 1 is 1.27 bits per heavy atom. The zero-order valence-corrected chi connectivity index (χ0v) is 17.9. The smallest absolute Gasteiger partial charge is 0.246 e. The molecular formula is C19H24N4O6S. The van der Waals surface area contributed by atoms with Crippen molar-refractivity contribution in [2.24, 2.45) is 0 Å². The first-order valence-electron chi connectivity index (χ1n) is 9.33. The van der Waals surface area contributed by atoms with Crippen LogP contribution in [0.4, 0.5) is 5.69 Å². The molecule has 0 spiro atoms. The fraction of sp³-hybridized carbons (Fsp3) is 0.421. The number of aromatic nitrogens is 2. The van der Waals surface area contributed by atoms with Crippen molar-refractivity contribution in [2.75, 3.05) is 38.7 Å². The van der Waals surface area contributed by atoms with Gasteiger partial charge in [-0.1, -0.05) is 0 Å². The van der Waals surface area contributed by atoms with Gasteiger partial charge in [-0.25, -0.2) is 8.42 Å². The highest BCUT2D eigenvalue weighted by atomic mass is 32.2. The minimum atomic E-state index is -3.72. The van der Waals surface area contributed by atoms with Crippen molar-refractivity contribution in [1.82, 2.24) is 14.1 Å². The largest absolute Gasteiger partial charge is 0.495 e. The molecule has 0 atom stereocenters. The number of anilines is 1. The molecule has 1 amide bonds. The van der Waals surface area contributed by atoms with Crippen molar-refractivity contribution in [3.63, 3.8) is 0 Å². The molecule has 11 heteroatoms. The molecule has 1 aromatic heterocycles. The molecule has 30 heavy (non-hydrogen) atoms. The summed E-state index contributed by atoms with van der Waals surface area (Å²) < 4.78 is 39.0. The number of nitrogens with zero attached hydrogens (tertiary/aromatic N) is 3. The number of carbonyl (C=O) groups excluding carboxylic acids is 2. The number of hydrogen-bond acceptors (Lipinski definition) is 7. The lowest BCUT2D eigenvalue weighted by atomic mass is 10.2. The third-order valence-electron chi connectivity index (χ3n) is 4.68. The monoisotopic (exact) mass is 436 g/mol. The maximum Gasteiger partial charge on any atom is 0.246 e. The zero-order chi connectivity index (χ0) is 21.9. The number of morpholine rings is 1. The van der Waals surface area contributed by atoms with Crippen LogP contribution >= 0.6 is 0 Å². The number of sulfonamides is 1. The third-order valence-corrected chi connectivity index (χ3v) is 6.58. The Morgan fingerprint density at radius 3 is 2.57 bits per heavy atom. The first-order chi connectivity index (χ1) is 14.2. The average Bonchev–Trinajstić information content (AvgIpc) is 3.08. The molecule has 3 rings (SSSR count). The molecule has 2 aromatic rings. The van der Waals surface area contributed by atoms with E-state index in [0.29, 0.717) is 30.2 Å². The van der Waals surface area contributed by atoms with Crippen LogP contribution in [0.5, 0.6) is 5.75 Å². The number of amides is 1. The Kier molecular flexibility index (Phi) is 6.54. The Labute approximate surface area is 174 Å². The second kappa shape index (κ2) is 8.94. The lowest BCUT2D eigenvalue weighted by molar-refractivity contribution is -0.116. The van der Waals surface area contributed by atoms with E-state index in [1.54, 1.807) is 6.92 Å². The summed E-state index contributed by atoms with van der Waals surface area (Å²) in [4.78, 5) is 24.1. The van der Waals surface area contributed by atoms with Crippen LogP contribution in [0.3, 0.4) is 0 Å². The number of aryl methyl sites for hydroxylation is 1. The summed E-state index contributed by atoms with van der Waals surface area (Å²) in [6.45, 7) is 4.20. The van der Waals surface area contributed by atoms with Gasteiger partial charge in [0, 0.05) is 19.3 Å². The van der Waals surface area contributed by atoms with Crippen LogP contribution in [-0.4, -0.2) is 67.6 Å². The molecule has 0 aliphatic carbocycles. The van der Waals surface area contributed by atoms with Gasteiger partial charge in [0.1, 0.15) is 12.3 Å². The van der Waals surface area contributed by atoms with E-state index in [2.05, 4.69) is 10.4 Å². The lowest BCUT2D eigenvalue weighted by Crippen LogP contribution is -2.40. The Hall–Kier alpha value is -2.76. The first kappa shape index (κ1) is 21.9. The number of Topliss-reactive ketones (excluding diaryl/α,β-unsaturated/α-hetero) is 1. The number of nitrogens with one attached hydrogen (secondary N) is 1. The van der Waals surface area contributed by atoms with Crippen LogP contribution in [0.2, 0.25) is 0 Å². The van der Waals surface area contributed by atoms with Gasteiger partial charge in [-0.05, 0) is 32.0 Å². The zero-order valence-electron chi connectivity index (χ0n) is 17.0. The van der Waals surface area contributed by atoms with Gasteiger partial charge in [-0.15, -0.1) is 0 Å². The summed E-state index contributed by atoms with van der Waals surface area (Å²) in [6, 6.07) is 4.31. The number of carbonyl (C=O) groups is 2. The highest BCUT2D eigenvalue weighted by Gasteiger charge is 2.27. The molecule has 1 saturated heterocycles. The molecule has 1 aliphatic rings. The highest BCUT2D eigenvalue weighted by molar-refractivity contribution is 7.89. The topological polar surface area (TPSA) is 120 Å². The number of ether oxygens (including phenoxy) is 2. The summed E-state index contributed by atoms with van der Waals surface area (Å²) in [5, 5.41) is 6.83. The standard InChI is InChI=1S/C19H24N4O6S/c1-13-16(14(2)24)11-22(21-13)12-19(25)20-17-10-15(4-5-18(17)28-3)30(26,27)23-6-8-29-9-7-23/h4-5,10-11H,6-9,12H2,1-3H3,(H,20,25). The van der Waals surface area contributed by atoms with Gasteiger partial charge in [0.05, 0.1) is 42.2 Å². The minimum Gasteiger partial charge on any atom is -0.495 e. The summed E-state index contributed by atoms with van der Waals surface area (Å²) in [5.74, 6) is -0.251. The van der Waals surface area contributed by atoms with Crippen LogP contribution in [0.1, 0.15) is 23.0 Å². The van der Waals surface area contributed by atoms with Gasteiger partial charge in [0.25, 0.3) is 0 Å². The predicted octanol–water partition coefficient (Wildman–Crippen LogP) is 1.06. The lowest BCUT2D eigenvalue weighted by Gasteiger charge is -2.26. The maximum absolute atomic E-state index is 12.9. The van der Waals surface area contributed by atoms with Crippen molar-refractivity contribution >= 4 is 27.4 Å². The molecule has 2 heterocycles. The third kappa shape index (κ3) is 4.69. The normalized spacial score (nSPS) is 15.0. The van der Waals surface area contributed by atoms with Gasteiger partial charge < -0.3 is 14.8 Å². The van der Waals surface area contributed by atoms with Gasteiger partial charge in [-0.3, -0.25) is 14.3 Å². The summed E-state index contributed by atoms with van der Waals surface area (Å²) in [5.41, 5.74) is 1.21. The summed E-state index contributed by atoms with van der Waals surface area (Å²) >= 11 is 0. The number of benzene rings is 1. The predicted molar refractivity (Wildman–Crippen MR) is 108 cm³/mol. The average molecular weight is 436 g/mol. The molecule has 1 aromatic carbocycles. The molecule has 1 N–H and O–H groups in total. The van der Waals surface area contributed by atoms with E-state index < -0.39 is 15.9 Å². The Balaban J connectivity index is 1.81. The van der Waals surface area contributed by atoms with Gasteiger partial charge in [0.2, 0.25) is 15.9 Å². The molecular weight excluding hydrogens is 412 g/mol. The van der Waals surface area contributed by atoms with Crippen LogP contribution in [0.25, 0.3) is 0 Å². The first-order valence-corrected chi connectivity index (χ1v) is 10.8. The number of methoxy groups -OCH3 is 1. The van der Waals surface area contributed by atoms with E-state index in [9.17, 15) is 18.0 Å². The highest BCUT2D eigenvalue weighted by Crippen LogP contribution is 2.29. The SMILES string of the molecule is COc1ccc(S(=O)(=O)N2CCOCC2)cc1NC(=O)Cn1cc(C(C)=O)c(C)n1. The molecule has 1 fully saturated rings. The minimum absolute atomic E-state index is 0.0503. The van der Waals surface area contributed by atoms with Crippen LogP contribution < -0.4 is 10.1 Å². The Morgan fingerprint density at radius 2 is 1.97 bits per heavy atom. The molecule has 162 valence electrons. The second-order valence-electron chi connectivity index (χ2n) is 6.81. The van der Waals surface area contributed by atoms with Crippen molar-refractivity contribution in [3.05, 3.63) is 35.7 Å². The fourth-order valence-corrected chi connectivity index (χ4v) is 4.60. The van der Waals surface area contributed by atoms with Crippen LogP contribution in [0.15, 0.2) is 29.3 Å². The van der Waals surface area contributed by atoms with E-state index >= 15 is 0 Å². The molecule has 0 radical (unpaired) electrons. The molecule has 0 saturated carbocycles. The van der Waals surface area contributed by atoms with Gasteiger partial charge >= 0.3 is 0 Å². The van der Waals surface area contributed by atoms with E-state index in [1.165, 1.54) is 47.4 Å². The quantitative estimate of drug-likeness (QED) is 0.645. The van der Waals surface area contributed by atoms with Crippen molar-refractivity contribution < 1.29 is 27.5 Å². The summed E-state index contributed by atoms with van der Waals surface area (Å²) in [6.07, 6.45) is 1.51. The Bertz CT molecular complexity index is 1060. The van der Waals surface area contributed by atoms with E-state index in [1.807, 2.05) is 0 Å². The van der Waals surface area contributed by atoms with Crippen molar-refractivity contribution in [2.45, 2.75) is 25.3 Å². The van der Waals surface area contributed by atoms with Crippen molar-refractivity contribution in [1.29, 1.82) is 0 Å². The molecule has 1 aliphatic heterocycles. The maximum atomic E-state index is 12.9. The van der Waals surface area contributed by atoms with Crippen LogP contribution in [-0.2, 0) is 26.1 Å². The number of rotatable bonds is 7. The van der Waals surface area contributed by atoms with Crippen molar-refractivity contribution in [3.8, 4) is 5.75 Å². The molecule has 10 nitrogen and oxygen atoms in total. The van der Waals surface area contributed by atoms with Gasteiger partial charge in [-0.2, -0.15) is 9.40 Å². The fourth-order valence-electron chi connectivity index (χ4n) is 3.16. The summed E-state index contributed by atoms with van der Waals surface area (Å²) in [7, 11) is -2.30. The van der Waals surface area contributed by atoms with Gasteiger partial charge in [0.15, 0.2) is 5.78 Å².